The molecule has 9 heteroatoms. The fourth-order valence-electron chi connectivity index (χ4n) is 2.55. The summed E-state index contributed by atoms with van der Waals surface area (Å²) >= 11 is 0. The Labute approximate surface area is 136 Å². The Hall–Kier alpha value is -1.74. The number of nitrogens with one attached hydrogen (secondary N) is 3. The molecule has 1 aromatic rings. The Morgan fingerprint density at radius 2 is 2.22 bits per heavy atom. The van der Waals surface area contributed by atoms with Crippen LogP contribution < -0.4 is 16.0 Å². The maximum atomic E-state index is 12.0. The van der Waals surface area contributed by atoms with Crippen molar-refractivity contribution in [2.24, 2.45) is 0 Å². The molecule has 0 aliphatic carbocycles. The molecule has 1 aromatic heterocycles. The number of amides is 1. The molecule has 0 radical (unpaired) electrons. The van der Waals surface area contributed by atoms with Crippen LogP contribution in [0.15, 0.2) is 11.1 Å². The van der Waals surface area contributed by atoms with Gasteiger partial charge in [0.25, 0.3) is 0 Å². The average molecular weight is 341 g/mol. The monoisotopic (exact) mass is 341 g/mol. The molecule has 1 aliphatic rings. The van der Waals surface area contributed by atoms with Gasteiger partial charge in [-0.2, -0.15) is 0 Å². The first-order valence-electron chi connectivity index (χ1n) is 7.64. The predicted molar refractivity (Wildman–Crippen MR) is 87.2 cm³/mol. The zero-order valence-corrected chi connectivity index (χ0v) is 14.2. The number of carbonyl (C=O) groups is 1. The summed E-state index contributed by atoms with van der Waals surface area (Å²) in [6.07, 6.45) is 4.43. The molecule has 23 heavy (non-hydrogen) atoms. The van der Waals surface area contributed by atoms with Crippen molar-refractivity contribution in [3.63, 3.8) is 0 Å². The molecule has 1 fully saturated rings. The quantitative estimate of drug-likeness (QED) is 0.619. The van der Waals surface area contributed by atoms with E-state index in [1.165, 1.54) is 19.4 Å². The molecule has 0 spiro atoms. The molecular weight excluding hydrogens is 318 g/mol. The van der Waals surface area contributed by atoms with Gasteiger partial charge in [-0.05, 0) is 19.4 Å². The summed E-state index contributed by atoms with van der Waals surface area (Å²) in [5, 5.41) is 8.95. The molecule has 2 heterocycles. The molecule has 0 bridgehead atoms. The topological polar surface area (TPSA) is 113 Å². The van der Waals surface area contributed by atoms with Crippen LogP contribution in [0.2, 0.25) is 0 Å². The van der Waals surface area contributed by atoms with Gasteiger partial charge in [-0.3, -0.25) is 4.79 Å². The molecule has 8 nitrogen and oxygen atoms in total. The van der Waals surface area contributed by atoms with Crippen molar-refractivity contribution in [1.29, 1.82) is 0 Å². The molecular formula is C14H23N5O3S. The van der Waals surface area contributed by atoms with Gasteiger partial charge < -0.3 is 16.0 Å². The minimum absolute atomic E-state index is 0.0624. The van der Waals surface area contributed by atoms with Crippen molar-refractivity contribution in [2.75, 3.05) is 37.8 Å². The first kappa shape index (κ1) is 17.6. The van der Waals surface area contributed by atoms with Crippen LogP contribution in [0.3, 0.4) is 0 Å². The van der Waals surface area contributed by atoms with E-state index in [0.29, 0.717) is 31.3 Å². The van der Waals surface area contributed by atoms with E-state index in [1.807, 2.05) is 0 Å². The van der Waals surface area contributed by atoms with Crippen molar-refractivity contribution >= 4 is 21.7 Å². The fraction of sp³-hybridized carbons (Fsp3) is 0.643. The third kappa shape index (κ3) is 5.14. The SMILES string of the molecule is CC(=O)NCCNc1ncc(S(C)(=O)=O)c([C@@H]2CCCNC2)n1. The highest BCUT2D eigenvalue weighted by atomic mass is 32.2. The van der Waals surface area contributed by atoms with E-state index < -0.39 is 9.84 Å². The Balaban J connectivity index is 2.17. The minimum Gasteiger partial charge on any atom is -0.355 e. The van der Waals surface area contributed by atoms with E-state index in [2.05, 4.69) is 25.9 Å². The highest BCUT2D eigenvalue weighted by molar-refractivity contribution is 7.90. The van der Waals surface area contributed by atoms with Gasteiger partial charge in [0.2, 0.25) is 11.9 Å². The van der Waals surface area contributed by atoms with Crippen molar-refractivity contribution in [3.05, 3.63) is 11.9 Å². The minimum atomic E-state index is -3.37. The molecule has 2 rings (SSSR count). The molecule has 128 valence electrons. The van der Waals surface area contributed by atoms with E-state index in [9.17, 15) is 13.2 Å². The van der Waals surface area contributed by atoms with E-state index >= 15 is 0 Å². The molecule has 1 saturated heterocycles. The maximum Gasteiger partial charge on any atom is 0.223 e. The van der Waals surface area contributed by atoms with Crippen molar-refractivity contribution in [1.82, 2.24) is 20.6 Å². The van der Waals surface area contributed by atoms with Gasteiger partial charge in [-0.25, -0.2) is 18.4 Å². The summed E-state index contributed by atoms with van der Waals surface area (Å²) < 4.78 is 23.9. The van der Waals surface area contributed by atoms with Crippen LogP contribution in [-0.4, -0.2) is 56.7 Å². The normalized spacial score (nSPS) is 18.4. The number of hydrogen-bond donors (Lipinski definition) is 3. The summed E-state index contributed by atoms with van der Waals surface area (Å²) in [5.74, 6) is 0.338. The van der Waals surface area contributed by atoms with E-state index in [1.54, 1.807) is 0 Å². The number of hydrogen-bond acceptors (Lipinski definition) is 7. The van der Waals surface area contributed by atoms with Crippen LogP contribution in [0.25, 0.3) is 0 Å². The lowest BCUT2D eigenvalue weighted by Crippen LogP contribution is -2.30. The number of sulfone groups is 1. The smallest absolute Gasteiger partial charge is 0.223 e. The summed E-state index contributed by atoms with van der Waals surface area (Å²) in [6, 6.07) is 0. The van der Waals surface area contributed by atoms with Gasteiger partial charge in [-0.1, -0.05) is 0 Å². The maximum absolute atomic E-state index is 12.0. The number of anilines is 1. The molecule has 0 aromatic carbocycles. The second-order valence-electron chi connectivity index (χ2n) is 5.67. The van der Waals surface area contributed by atoms with Gasteiger partial charge in [0.1, 0.15) is 4.90 Å². The Kier molecular flexibility index (Phi) is 5.89. The van der Waals surface area contributed by atoms with Crippen molar-refractivity contribution in [3.8, 4) is 0 Å². The van der Waals surface area contributed by atoms with Crippen molar-refractivity contribution in [2.45, 2.75) is 30.6 Å². The number of piperidine rings is 1. The number of carbonyl (C=O) groups excluding carboxylic acids is 1. The number of rotatable bonds is 6. The Bertz CT molecular complexity index is 656. The second-order valence-corrected chi connectivity index (χ2v) is 7.65. The van der Waals surface area contributed by atoms with Crippen LogP contribution in [0.5, 0.6) is 0 Å². The van der Waals surface area contributed by atoms with Gasteiger partial charge in [-0.15, -0.1) is 0 Å². The van der Waals surface area contributed by atoms with Crippen LogP contribution in [-0.2, 0) is 14.6 Å². The highest BCUT2D eigenvalue weighted by Crippen LogP contribution is 2.27. The lowest BCUT2D eigenvalue weighted by Gasteiger charge is -2.24. The lowest BCUT2D eigenvalue weighted by atomic mass is 9.96. The highest BCUT2D eigenvalue weighted by Gasteiger charge is 2.25. The van der Waals surface area contributed by atoms with Gasteiger partial charge in [0, 0.05) is 38.7 Å². The molecule has 0 saturated carbocycles. The zero-order valence-electron chi connectivity index (χ0n) is 13.4. The second kappa shape index (κ2) is 7.69. The lowest BCUT2D eigenvalue weighted by molar-refractivity contribution is -0.118. The third-order valence-corrected chi connectivity index (χ3v) is 4.76. The van der Waals surface area contributed by atoms with E-state index in [4.69, 9.17) is 0 Å². The average Bonchev–Trinajstić information content (AvgIpc) is 2.51. The molecule has 0 unspecified atom stereocenters. The first-order valence-corrected chi connectivity index (χ1v) is 9.53. The molecule has 1 amide bonds. The van der Waals surface area contributed by atoms with E-state index in [0.717, 1.165) is 19.4 Å². The third-order valence-electron chi connectivity index (χ3n) is 3.65. The Morgan fingerprint density at radius 3 is 2.83 bits per heavy atom. The standard InChI is InChI=1S/C14H23N5O3S/c1-10(20)16-6-7-17-14-18-9-12(23(2,21)22)13(19-14)11-4-3-5-15-8-11/h9,11,15H,3-8H2,1-2H3,(H,16,20)(H,17,18,19)/t11-/m1/s1. The van der Waals surface area contributed by atoms with Crippen molar-refractivity contribution < 1.29 is 13.2 Å². The zero-order chi connectivity index (χ0) is 16.9. The van der Waals surface area contributed by atoms with Gasteiger partial charge in [0.15, 0.2) is 9.84 Å². The van der Waals surface area contributed by atoms with Crippen LogP contribution >= 0.6 is 0 Å². The predicted octanol–water partition coefficient (Wildman–Crippen LogP) is -0.105. The molecule has 3 N–H and O–H groups in total. The number of nitrogens with zero attached hydrogens (tertiary/aromatic N) is 2. The van der Waals surface area contributed by atoms with Crippen LogP contribution in [0.4, 0.5) is 5.95 Å². The molecule has 1 aliphatic heterocycles. The summed E-state index contributed by atoms with van der Waals surface area (Å²) in [7, 11) is -3.37. The van der Waals surface area contributed by atoms with Crippen LogP contribution in [0.1, 0.15) is 31.4 Å². The summed E-state index contributed by atoms with van der Waals surface area (Å²) in [5.41, 5.74) is 0.566. The molecule has 1 atom stereocenters. The summed E-state index contributed by atoms with van der Waals surface area (Å²) in [4.78, 5) is 19.5. The fourth-order valence-corrected chi connectivity index (χ4v) is 3.38. The summed E-state index contributed by atoms with van der Waals surface area (Å²) in [6.45, 7) is 4.03. The van der Waals surface area contributed by atoms with Crippen LogP contribution in [0, 0.1) is 0 Å². The van der Waals surface area contributed by atoms with Gasteiger partial charge in [0.05, 0.1) is 11.9 Å². The first-order chi connectivity index (χ1) is 10.9. The Morgan fingerprint density at radius 1 is 1.43 bits per heavy atom. The van der Waals surface area contributed by atoms with E-state index in [-0.39, 0.29) is 16.7 Å². The van der Waals surface area contributed by atoms with Gasteiger partial charge >= 0.3 is 0 Å². The number of aromatic nitrogens is 2. The largest absolute Gasteiger partial charge is 0.355 e.